The van der Waals surface area contributed by atoms with Crippen molar-refractivity contribution < 1.29 is 29.3 Å². The number of rotatable bonds is 4. The number of nitrogens with one attached hydrogen (secondary N) is 1. The Hall–Kier alpha value is -2.57. The van der Waals surface area contributed by atoms with Gasteiger partial charge in [-0.1, -0.05) is 19.3 Å². The predicted molar refractivity (Wildman–Crippen MR) is 76.4 cm³/mol. The van der Waals surface area contributed by atoms with Crippen LogP contribution in [0.2, 0.25) is 0 Å². The molecule has 118 valence electrons. The lowest BCUT2D eigenvalue weighted by atomic mass is 9.96. The van der Waals surface area contributed by atoms with Crippen molar-refractivity contribution in [2.45, 2.75) is 38.1 Å². The van der Waals surface area contributed by atoms with Gasteiger partial charge in [0.15, 0.2) is 0 Å². The van der Waals surface area contributed by atoms with E-state index in [-0.39, 0.29) is 17.4 Å². The molecular weight excluding hydrogens is 290 g/mol. The number of hydrogen-bond acceptors (Lipinski definition) is 4. The molecular formula is C15H17NO6. The van der Waals surface area contributed by atoms with Gasteiger partial charge in [0.05, 0.1) is 11.1 Å². The third kappa shape index (κ3) is 3.97. The molecule has 1 fully saturated rings. The van der Waals surface area contributed by atoms with Gasteiger partial charge in [-0.05, 0) is 31.0 Å². The van der Waals surface area contributed by atoms with Gasteiger partial charge < -0.3 is 20.3 Å². The summed E-state index contributed by atoms with van der Waals surface area (Å²) in [6.07, 6.45) is 4.40. The molecule has 7 nitrogen and oxygen atoms in total. The first-order chi connectivity index (χ1) is 10.5. The van der Waals surface area contributed by atoms with Crippen LogP contribution in [0.1, 0.15) is 52.8 Å². The van der Waals surface area contributed by atoms with Crippen LogP contribution in [0.5, 0.6) is 5.75 Å². The molecule has 1 saturated carbocycles. The zero-order valence-electron chi connectivity index (χ0n) is 11.9. The number of carboxylic acid groups (broad SMARTS) is 2. The van der Waals surface area contributed by atoms with E-state index >= 15 is 0 Å². The summed E-state index contributed by atoms with van der Waals surface area (Å²) < 4.78 is 5.04. The minimum Gasteiger partial charge on any atom is -0.478 e. The van der Waals surface area contributed by atoms with Gasteiger partial charge >= 0.3 is 18.0 Å². The third-order valence-electron chi connectivity index (χ3n) is 3.59. The molecule has 0 heterocycles. The van der Waals surface area contributed by atoms with E-state index in [0.29, 0.717) is 0 Å². The molecule has 1 aromatic carbocycles. The lowest BCUT2D eigenvalue weighted by Gasteiger charge is -2.22. The second-order valence-electron chi connectivity index (χ2n) is 5.19. The Kier molecular flexibility index (Phi) is 4.98. The molecule has 0 aromatic heterocycles. The number of aromatic carboxylic acids is 2. The molecule has 22 heavy (non-hydrogen) atoms. The number of amides is 1. The van der Waals surface area contributed by atoms with Crippen molar-refractivity contribution in [2.75, 3.05) is 0 Å². The summed E-state index contributed by atoms with van der Waals surface area (Å²) in [7, 11) is 0. The van der Waals surface area contributed by atoms with Gasteiger partial charge in [-0.3, -0.25) is 0 Å². The summed E-state index contributed by atoms with van der Waals surface area (Å²) in [5.41, 5.74) is -0.775. The molecule has 1 amide bonds. The van der Waals surface area contributed by atoms with E-state index in [2.05, 4.69) is 5.32 Å². The van der Waals surface area contributed by atoms with E-state index in [1.165, 1.54) is 6.07 Å². The van der Waals surface area contributed by atoms with E-state index < -0.39 is 23.6 Å². The third-order valence-corrected chi connectivity index (χ3v) is 3.59. The van der Waals surface area contributed by atoms with Crippen LogP contribution in [-0.4, -0.2) is 34.3 Å². The molecule has 0 saturated heterocycles. The van der Waals surface area contributed by atoms with Gasteiger partial charge in [-0.25, -0.2) is 14.4 Å². The monoisotopic (exact) mass is 307 g/mol. The smallest absolute Gasteiger partial charge is 0.412 e. The Morgan fingerprint density at radius 1 is 1.00 bits per heavy atom. The van der Waals surface area contributed by atoms with Crippen LogP contribution in [0.4, 0.5) is 4.79 Å². The molecule has 1 aromatic rings. The SMILES string of the molecule is O=C(NC1CCCCC1)Oc1ccc(C(=O)O)c(C(=O)O)c1. The molecule has 0 bridgehead atoms. The van der Waals surface area contributed by atoms with Crippen molar-refractivity contribution in [3.05, 3.63) is 29.3 Å². The average Bonchev–Trinajstić information content (AvgIpc) is 2.47. The molecule has 3 N–H and O–H groups in total. The molecule has 2 rings (SSSR count). The molecule has 0 radical (unpaired) electrons. The second kappa shape index (κ2) is 6.93. The highest BCUT2D eigenvalue weighted by Crippen LogP contribution is 2.20. The summed E-state index contributed by atoms with van der Waals surface area (Å²) in [5, 5.41) is 20.7. The Morgan fingerprint density at radius 2 is 1.64 bits per heavy atom. The van der Waals surface area contributed by atoms with Crippen LogP contribution >= 0.6 is 0 Å². The Labute approximate surface area is 126 Å². The first-order valence-electron chi connectivity index (χ1n) is 7.06. The summed E-state index contributed by atoms with van der Waals surface area (Å²) in [6, 6.07) is 3.47. The maximum atomic E-state index is 11.8. The van der Waals surface area contributed by atoms with Crippen molar-refractivity contribution in [3.8, 4) is 5.75 Å². The lowest BCUT2D eigenvalue weighted by molar-refractivity contribution is 0.0651. The number of hydrogen-bond donors (Lipinski definition) is 3. The fourth-order valence-electron chi connectivity index (χ4n) is 2.50. The van der Waals surface area contributed by atoms with Gasteiger partial charge in [-0.15, -0.1) is 0 Å². The molecule has 0 unspecified atom stereocenters. The van der Waals surface area contributed by atoms with E-state index in [1.807, 2.05) is 0 Å². The van der Waals surface area contributed by atoms with Gasteiger partial charge in [0.25, 0.3) is 0 Å². The number of carbonyl (C=O) groups is 3. The van der Waals surface area contributed by atoms with Crippen LogP contribution in [0.3, 0.4) is 0 Å². The quantitative estimate of drug-likeness (QED) is 0.787. The van der Waals surface area contributed by atoms with Gasteiger partial charge in [0, 0.05) is 6.04 Å². The van der Waals surface area contributed by atoms with Gasteiger partial charge in [0.1, 0.15) is 5.75 Å². The average molecular weight is 307 g/mol. The fourth-order valence-corrected chi connectivity index (χ4v) is 2.50. The van der Waals surface area contributed by atoms with Crippen LogP contribution in [0.15, 0.2) is 18.2 Å². The number of ether oxygens (including phenoxy) is 1. The Bertz CT molecular complexity index is 592. The molecule has 0 spiro atoms. The highest BCUT2D eigenvalue weighted by Gasteiger charge is 2.19. The zero-order chi connectivity index (χ0) is 16.1. The maximum absolute atomic E-state index is 11.8. The first-order valence-corrected chi connectivity index (χ1v) is 7.06. The standard InChI is InChI=1S/C15H17NO6/c17-13(18)11-7-6-10(8-12(11)14(19)20)22-15(21)16-9-4-2-1-3-5-9/h6-9H,1-5H2,(H,16,21)(H,17,18)(H,19,20). The van der Waals surface area contributed by atoms with Gasteiger partial charge in [-0.2, -0.15) is 0 Å². The van der Waals surface area contributed by atoms with Crippen LogP contribution < -0.4 is 10.1 Å². The highest BCUT2D eigenvalue weighted by molar-refractivity contribution is 6.02. The predicted octanol–water partition coefficient (Wildman–Crippen LogP) is 2.50. The van der Waals surface area contributed by atoms with Crippen LogP contribution in [0, 0.1) is 0 Å². The lowest BCUT2D eigenvalue weighted by Crippen LogP contribution is -2.38. The minimum absolute atomic E-state index is 0.00397. The van der Waals surface area contributed by atoms with Crippen molar-refractivity contribution in [1.82, 2.24) is 5.32 Å². The van der Waals surface area contributed by atoms with E-state index in [4.69, 9.17) is 14.9 Å². The topological polar surface area (TPSA) is 113 Å². The zero-order valence-corrected chi connectivity index (χ0v) is 11.9. The maximum Gasteiger partial charge on any atom is 0.412 e. The molecule has 7 heteroatoms. The van der Waals surface area contributed by atoms with Crippen molar-refractivity contribution in [1.29, 1.82) is 0 Å². The number of carbonyl (C=O) groups excluding carboxylic acids is 1. The Morgan fingerprint density at radius 3 is 2.23 bits per heavy atom. The summed E-state index contributed by atoms with van der Waals surface area (Å²) in [5.74, 6) is -2.75. The number of carboxylic acids is 2. The molecule has 0 aliphatic heterocycles. The molecule has 1 aliphatic rings. The van der Waals surface area contributed by atoms with Crippen LogP contribution in [0.25, 0.3) is 0 Å². The second-order valence-corrected chi connectivity index (χ2v) is 5.19. The summed E-state index contributed by atoms with van der Waals surface area (Å²) in [4.78, 5) is 33.8. The van der Waals surface area contributed by atoms with E-state index in [0.717, 1.165) is 44.2 Å². The van der Waals surface area contributed by atoms with Crippen molar-refractivity contribution >= 4 is 18.0 Å². The molecule has 1 aliphatic carbocycles. The summed E-state index contributed by atoms with van der Waals surface area (Å²) >= 11 is 0. The fraction of sp³-hybridized carbons (Fsp3) is 0.400. The largest absolute Gasteiger partial charge is 0.478 e. The van der Waals surface area contributed by atoms with E-state index in [1.54, 1.807) is 0 Å². The van der Waals surface area contributed by atoms with Crippen molar-refractivity contribution in [2.24, 2.45) is 0 Å². The highest BCUT2D eigenvalue weighted by atomic mass is 16.6. The molecule has 0 atom stereocenters. The van der Waals surface area contributed by atoms with E-state index in [9.17, 15) is 14.4 Å². The normalized spacial score (nSPS) is 15.1. The van der Waals surface area contributed by atoms with Gasteiger partial charge in [0.2, 0.25) is 0 Å². The van der Waals surface area contributed by atoms with Crippen LogP contribution in [-0.2, 0) is 0 Å². The first kappa shape index (κ1) is 15.8. The number of benzene rings is 1. The van der Waals surface area contributed by atoms with Crippen molar-refractivity contribution in [3.63, 3.8) is 0 Å². The summed E-state index contributed by atoms with van der Waals surface area (Å²) in [6.45, 7) is 0. The minimum atomic E-state index is -1.39. The Balaban J connectivity index is 2.05.